The SMILES string of the molecule is CCC[C@]12C=C(OC)C(=O)C=C1O[C@H](c1ccc3c(c1)OCO3)[C@@H]2C. The van der Waals surface area contributed by atoms with Crippen molar-refractivity contribution in [2.75, 3.05) is 13.9 Å². The van der Waals surface area contributed by atoms with Gasteiger partial charge in [-0.2, -0.15) is 0 Å². The molecule has 1 fully saturated rings. The summed E-state index contributed by atoms with van der Waals surface area (Å²) in [6.45, 7) is 4.56. The third kappa shape index (κ3) is 2.33. The average Bonchev–Trinajstić information content (AvgIpc) is 3.18. The molecule has 0 spiro atoms. The largest absolute Gasteiger partial charge is 0.493 e. The van der Waals surface area contributed by atoms with Crippen LogP contribution >= 0.6 is 0 Å². The van der Waals surface area contributed by atoms with Crippen LogP contribution in [0.15, 0.2) is 41.9 Å². The van der Waals surface area contributed by atoms with Gasteiger partial charge in [0.25, 0.3) is 0 Å². The van der Waals surface area contributed by atoms with E-state index in [0.29, 0.717) is 5.76 Å². The van der Waals surface area contributed by atoms with Crippen molar-refractivity contribution in [1.29, 1.82) is 0 Å². The van der Waals surface area contributed by atoms with Crippen molar-refractivity contribution in [3.63, 3.8) is 0 Å². The molecule has 1 aromatic carbocycles. The zero-order chi connectivity index (χ0) is 17.6. The van der Waals surface area contributed by atoms with E-state index in [1.54, 1.807) is 6.08 Å². The normalized spacial score (nSPS) is 29.6. The predicted octanol–water partition coefficient (Wildman–Crippen LogP) is 3.91. The van der Waals surface area contributed by atoms with Crippen LogP contribution in [0, 0.1) is 11.3 Å². The van der Waals surface area contributed by atoms with E-state index < -0.39 is 0 Å². The number of methoxy groups -OCH3 is 1. The molecule has 1 aliphatic carbocycles. The minimum Gasteiger partial charge on any atom is -0.493 e. The van der Waals surface area contributed by atoms with Gasteiger partial charge in [0.2, 0.25) is 12.6 Å². The summed E-state index contributed by atoms with van der Waals surface area (Å²) in [5, 5.41) is 0. The Labute approximate surface area is 147 Å². The van der Waals surface area contributed by atoms with E-state index in [1.165, 1.54) is 7.11 Å². The highest BCUT2D eigenvalue weighted by Gasteiger charge is 2.53. The fourth-order valence-electron chi connectivity index (χ4n) is 4.15. The topological polar surface area (TPSA) is 54.0 Å². The molecule has 2 heterocycles. The summed E-state index contributed by atoms with van der Waals surface area (Å²) in [5.74, 6) is 2.67. The van der Waals surface area contributed by atoms with E-state index in [9.17, 15) is 4.79 Å². The van der Waals surface area contributed by atoms with Crippen molar-refractivity contribution in [2.24, 2.45) is 11.3 Å². The van der Waals surface area contributed by atoms with Gasteiger partial charge in [0, 0.05) is 12.0 Å². The Bertz CT molecular complexity index is 778. The number of hydrogen-bond acceptors (Lipinski definition) is 5. The molecule has 0 N–H and O–H groups in total. The van der Waals surface area contributed by atoms with Crippen LogP contribution in [0.1, 0.15) is 38.4 Å². The van der Waals surface area contributed by atoms with Crippen LogP contribution in [0.5, 0.6) is 11.5 Å². The Kier molecular flexibility index (Phi) is 3.74. The maximum atomic E-state index is 12.2. The molecule has 0 saturated carbocycles. The summed E-state index contributed by atoms with van der Waals surface area (Å²) in [5.41, 5.74) is 0.719. The molecule has 0 bridgehead atoms. The van der Waals surface area contributed by atoms with E-state index in [0.717, 1.165) is 35.7 Å². The number of benzene rings is 1. The van der Waals surface area contributed by atoms with Gasteiger partial charge in [-0.05, 0) is 30.2 Å². The summed E-state index contributed by atoms with van der Waals surface area (Å²) in [7, 11) is 1.54. The summed E-state index contributed by atoms with van der Waals surface area (Å²) >= 11 is 0. The second-order valence-electron chi connectivity index (χ2n) is 6.82. The van der Waals surface area contributed by atoms with Crippen molar-refractivity contribution >= 4 is 5.78 Å². The summed E-state index contributed by atoms with van der Waals surface area (Å²) in [6, 6.07) is 5.90. The Morgan fingerprint density at radius 1 is 1.28 bits per heavy atom. The summed E-state index contributed by atoms with van der Waals surface area (Å²) in [6.07, 6.45) is 5.30. The van der Waals surface area contributed by atoms with Crippen molar-refractivity contribution in [1.82, 2.24) is 0 Å². The van der Waals surface area contributed by atoms with Crippen LogP contribution < -0.4 is 9.47 Å². The lowest BCUT2D eigenvalue weighted by Gasteiger charge is -2.32. The van der Waals surface area contributed by atoms with Crippen LogP contribution in [0.25, 0.3) is 0 Å². The molecule has 0 radical (unpaired) electrons. The number of hydrogen-bond donors (Lipinski definition) is 0. The fourth-order valence-corrected chi connectivity index (χ4v) is 4.15. The Morgan fingerprint density at radius 3 is 2.84 bits per heavy atom. The van der Waals surface area contributed by atoms with E-state index in [1.807, 2.05) is 24.3 Å². The van der Waals surface area contributed by atoms with Gasteiger partial charge in [-0.25, -0.2) is 0 Å². The molecule has 5 heteroatoms. The van der Waals surface area contributed by atoms with Gasteiger partial charge in [0.1, 0.15) is 11.9 Å². The number of carbonyl (C=O) groups excluding carboxylic acids is 1. The molecule has 0 aromatic heterocycles. The van der Waals surface area contributed by atoms with Gasteiger partial charge in [-0.3, -0.25) is 4.79 Å². The van der Waals surface area contributed by atoms with Gasteiger partial charge in [0.05, 0.1) is 12.5 Å². The van der Waals surface area contributed by atoms with E-state index in [2.05, 4.69) is 13.8 Å². The van der Waals surface area contributed by atoms with Crippen molar-refractivity contribution < 1.29 is 23.7 Å². The molecular formula is C20H22O5. The summed E-state index contributed by atoms with van der Waals surface area (Å²) < 4.78 is 22.5. The summed E-state index contributed by atoms with van der Waals surface area (Å²) in [4.78, 5) is 12.2. The highest BCUT2D eigenvalue weighted by molar-refractivity contribution is 6.04. The maximum Gasteiger partial charge on any atom is 0.231 e. The molecule has 132 valence electrons. The quantitative estimate of drug-likeness (QED) is 0.830. The van der Waals surface area contributed by atoms with E-state index in [-0.39, 0.29) is 30.0 Å². The molecule has 1 saturated heterocycles. The number of rotatable bonds is 4. The van der Waals surface area contributed by atoms with Gasteiger partial charge in [-0.15, -0.1) is 0 Å². The van der Waals surface area contributed by atoms with Crippen molar-refractivity contribution in [3.05, 3.63) is 47.4 Å². The zero-order valence-electron chi connectivity index (χ0n) is 14.7. The predicted molar refractivity (Wildman–Crippen MR) is 91.1 cm³/mol. The van der Waals surface area contributed by atoms with Crippen LogP contribution in [0.3, 0.4) is 0 Å². The third-order valence-corrected chi connectivity index (χ3v) is 5.48. The van der Waals surface area contributed by atoms with E-state index >= 15 is 0 Å². The number of carbonyl (C=O) groups is 1. The lowest BCUT2D eigenvalue weighted by atomic mass is 9.68. The molecule has 4 rings (SSSR count). The molecule has 3 aliphatic rings. The lowest BCUT2D eigenvalue weighted by Crippen LogP contribution is -2.29. The Balaban J connectivity index is 1.75. The minimum absolute atomic E-state index is 0.136. The molecule has 25 heavy (non-hydrogen) atoms. The minimum atomic E-state index is -0.310. The number of ether oxygens (including phenoxy) is 4. The molecule has 0 unspecified atom stereocenters. The average molecular weight is 342 g/mol. The van der Waals surface area contributed by atoms with Crippen LogP contribution in [-0.2, 0) is 14.3 Å². The third-order valence-electron chi connectivity index (χ3n) is 5.48. The highest BCUT2D eigenvalue weighted by atomic mass is 16.7. The van der Waals surface area contributed by atoms with Crippen LogP contribution in [-0.4, -0.2) is 19.7 Å². The molecule has 5 nitrogen and oxygen atoms in total. The first-order chi connectivity index (χ1) is 12.1. The first-order valence-electron chi connectivity index (χ1n) is 8.68. The monoisotopic (exact) mass is 342 g/mol. The lowest BCUT2D eigenvalue weighted by molar-refractivity contribution is -0.114. The highest BCUT2D eigenvalue weighted by Crippen LogP contribution is 2.58. The van der Waals surface area contributed by atoms with Gasteiger partial charge < -0.3 is 18.9 Å². The van der Waals surface area contributed by atoms with Crippen molar-refractivity contribution in [3.8, 4) is 11.5 Å². The van der Waals surface area contributed by atoms with Crippen LogP contribution in [0.2, 0.25) is 0 Å². The number of fused-ring (bicyclic) bond motifs is 2. The van der Waals surface area contributed by atoms with Gasteiger partial charge in [0.15, 0.2) is 17.3 Å². The molecule has 3 atom stereocenters. The smallest absolute Gasteiger partial charge is 0.231 e. The molecule has 0 amide bonds. The van der Waals surface area contributed by atoms with E-state index in [4.69, 9.17) is 18.9 Å². The maximum absolute atomic E-state index is 12.2. The number of ketones is 1. The first-order valence-corrected chi connectivity index (χ1v) is 8.68. The Hall–Kier alpha value is -2.43. The molecule has 2 aliphatic heterocycles. The second-order valence-corrected chi connectivity index (χ2v) is 6.82. The van der Waals surface area contributed by atoms with Crippen LogP contribution in [0.4, 0.5) is 0 Å². The zero-order valence-corrected chi connectivity index (χ0v) is 14.7. The van der Waals surface area contributed by atoms with Gasteiger partial charge in [-0.1, -0.05) is 26.3 Å². The van der Waals surface area contributed by atoms with Crippen molar-refractivity contribution in [2.45, 2.75) is 32.8 Å². The van der Waals surface area contributed by atoms with Gasteiger partial charge >= 0.3 is 0 Å². The molecular weight excluding hydrogens is 320 g/mol. The Morgan fingerprint density at radius 2 is 2.08 bits per heavy atom. The number of allylic oxidation sites excluding steroid dienone is 2. The second kappa shape index (κ2) is 5.83. The fraction of sp³-hybridized carbons (Fsp3) is 0.450. The first kappa shape index (κ1) is 16.1. The standard InChI is InChI=1S/C20H22O5/c1-4-7-20-10-17(22-3)14(21)9-18(20)25-19(12(20)2)13-5-6-15-16(8-13)24-11-23-15/h5-6,8-10,12,19H,4,7,11H2,1-3H3/t12-,19-,20+/m0/s1. The molecule has 1 aromatic rings.